The number of furan rings is 1. The summed E-state index contributed by atoms with van der Waals surface area (Å²) >= 11 is 15.2. The van der Waals surface area contributed by atoms with Gasteiger partial charge in [0.25, 0.3) is 10.0 Å². The number of aliphatic hydroxyl groups excluding tert-OH is 1. The van der Waals surface area contributed by atoms with Crippen molar-refractivity contribution < 1.29 is 17.9 Å². The Balaban J connectivity index is 2.44. The first kappa shape index (κ1) is 16.6. The molecule has 0 atom stereocenters. The summed E-state index contributed by atoms with van der Waals surface area (Å²) in [6.07, 6.45) is 0. The maximum Gasteiger partial charge on any atom is 0.265 e. The Labute approximate surface area is 140 Å². The zero-order valence-electron chi connectivity index (χ0n) is 10.7. The van der Waals surface area contributed by atoms with E-state index in [0.29, 0.717) is 4.47 Å². The molecule has 2 aromatic rings. The van der Waals surface area contributed by atoms with Crippen molar-refractivity contribution in [1.82, 2.24) is 0 Å². The van der Waals surface area contributed by atoms with Crippen LogP contribution in [0, 0.1) is 6.92 Å². The molecule has 0 saturated carbocycles. The molecule has 114 valence electrons. The zero-order chi connectivity index (χ0) is 15.8. The summed E-state index contributed by atoms with van der Waals surface area (Å²) in [6, 6.07) is 4.29. The number of halogens is 3. The molecule has 0 fully saturated rings. The fraction of sp³-hybridized carbons (Fsp3) is 0.167. The molecule has 0 bridgehead atoms. The topological polar surface area (TPSA) is 79.5 Å². The van der Waals surface area contributed by atoms with Crippen molar-refractivity contribution in [3.63, 3.8) is 0 Å². The van der Waals surface area contributed by atoms with Crippen LogP contribution in [-0.2, 0) is 16.6 Å². The summed E-state index contributed by atoms with van der Waals surface area (Å²) in [5.41, 5.74) is 0.0766. The smallest absolute Gasteiger partial charge is 0.265 e. The van der Waals surface area contributed by atoms with Crippen molar-refractivity contribution in [2.45, 2.75) is 18.4 Å². The first-order valence-electron chi connectivity index (χ1n) is 5.62. The number of hydrogen-bond donors (Lipinski definition) is 2. The molecule has 5 nitrogen and oxygen atoms in total. The molecule has 0 unspecified atom stereocenters. The average Bonchev–Trinajstić information content (AvgIpc) is 2.76. The highest BCUT2D eigenvalue weighted by atomic mass is 79.9. The van der Waals surface area contributed by atoms with Gasteiger partial charge in [0.15, 0.2) is 0 Å². The highest BCUT2D eigenvalue weighted by molar-refractivity contribution is 9.10. The lowest BCUT2D eigenvalue weighted by atomic mass is 10.3. The van der Waals surface area contributed by atoms with Crippen molar-refractivity contribution in [3.05, 3.63) is 44.2 Å². The molecule has 2 rings (SSSR count). The van der Waals surface area contributed by atoms with Crippen LogP contribution in [0.2, 0.25) is 10.0 Å². The Morgan fingerprint density at radius 3 is 2.33 bits per heavy atom. The van der Waals surface area contributed by atoms with Crippen molar-refractivity contribution in [3.8, 4) is 0 Å². The lowest BCUT2D eigenvalue weighted by Gasteiger charge is -2.11. The third-order valence-electron chi connectivity index (χ3n) is 2.61. The molecule has 0 spiro atoms. The fourth-order valence-electron chi connectivity index (χ4n) is 1.70. The number of nitrogens with one attached hydrogen (secondary N) is 1. The van der Waals surface area contributed by atoms with Crippen LogP contribution < -0.4 is 4.72 Å². The van der Waals surface area contributed by atoms with Crippen LogP contribution in [0.5, 0.6) is 0 Å². The van der Waals surface area contributed by atoms with Crippen LogP contribution in [0.1, 0.15) is 11.5 Å². The molecule has 0 aliphatic heterocycles. The van der Waals surface area contributed by atoms with Gasteiger partial charge in [-0.2, -0.15) is 0 Å². The van der Waals surface area contributed by atoms with Gasteiger partial charge in [-0.3, -0.25) is 4.72 Å². The molecule has 0 saturated heterocycles. The Morgan fingerprint density at radius 2 is 1.86 bits per heavy atom. The molecule has 9 heteroatoms. The highest BCUT2D eigenvalue weighted by Crippen LogP contribution is 2.35. The number of sulfonamides is 1. The van der Waals surface area contributed by atoms with E-state index < -0.39 is 16.6 Å². The lowest BCUT2D eigenvalue weighted by Crippen LogP contribution is -2.14. The number of hydrogen-bond acceptors (Lipinski definition) is 4. The monoisotopic (exact) mass is 413 g/mol. The first-order chi connectivity index (χ1) is 9.74. The second-order valence-electron chi connectivity index (χ2n) is 4.14. The maximum atomic E-state index is 12.4. The molecular formula is C12H10BrCl2NO4S. The minimum Gasteiger partial charge on any atom is -0.462 e. The summed E-state index contributed by atoms with van der Waals surface area (Å²) in [5, 5.41) is 9.30. The molecule has 0 radical (unpaired) electrons. The number of aryl methyl sites for hydroxylation is 1. The fourth-order valence-corrected chi connectivity index (χ4v) is 4.42. The van der Waals surface area contributed by atoms with E-state index >= 15 is 0 Å². The second kappa shape index (κ2) is 6.18. The molecule has 0 aliphatic rings. The normalized spacial score (nSPS) is 11.7. The Kier molecular flexibility index (Phi) is 4.89. The van der Waals surface area contributed by atoms with E-state index in [1.54, 1.807) is 0 Å². The highest BCUT2D eigenvalue weighted by Gasteiger charge is 2.23. The number of aliphatic hydroxyl groups is 1. The maximum absolute atomic E-state index is 12.4. The van der Waals surface area contributed by atoms with Gasteiger partial charge >= 0.3 is 0 Å². The lowest BCUT2D eigenvalue weighted by molar-refractivity contribution is 0.245. The summed E-state index contributed by atoms with van der Waals surface area (Å²) in [6.45, 7) is 1.09. The average molecular weight is 415 g/mol. The van der Waals surface area contributed by atoms with Crippen LogP contribution in [0.3, 0.4) is 0 Å². The molecular weight excluding hydrogens is 405 g/mol. The first-order valence-corrected chi connectivity index (χ1v) is 8.65. The van der Waals surface area contributed by atoms with Crippen LogP contribution >= 0.6 is 39.1 Å². The molecule has 1 aromatic carbocycles. The van der Waals surface area contributed by atoms with Gasteiger partial charge in [-0.1, -0.05) is 39.1 Å². The van der Waals surface area contributed by atoms with Crippen LogP contribution in [0.15, 0.2) is 32.0 Å². The van der Waals surface area contributed by atoms with E-state index in [4.69, 9.17) is 32.7 Å². The predicted molar refractivity (Wildman–Crippen MR) is 84.3 cm³/mol. The van der Waals surface area contributed by atoms with E-state index in [1.165, 1.54) is 25.1 Å². The molecule has 1 heterocycles. The van der Waals surface area contributed by atoms with E-state index in [2.05, 4.69) is 20.7 Å². The summed E-state index contributed by atoms with van der Waals surface area (Å²) in [5.74, 6) is 0.316. The summed E-state index contributed by atoms with van der Waals surface area (Å²) < 4.78 is 32.8. The van der Waals surface area contributed by atoms with Gasteiger partial charge in [0.2, 0.25) is 0 Å². The SMILES string of the molecule is Cc1oc(CO)cc1S(=O)(=O)Nc1c(Cl)cc(Br)cc1Cl. The van der Waals surface area contributed by atoms with Crippen molar-refractivity contribution in [1.29, 1.82) is 0 Å². The third-order valence-corrected chi connectivity index (χ3v) is 5.12. The predicted octanol–water partition coefficient (Wildman–Crippen LogP) is 3.95. The van der Waals surface area contributed by atoms with Gasteiger partial charge in [-0.05, 0) is 19.1 Å². The van der Waals surface area contributed by atoms with Gasteiger partial charge in [0, 0.05) is 10.5 Å². The van der Waals surface area contributed by atoms with Crippen LogP contribution in [0.25, 0.3) is 0 Å². The van der Waals surface area contributed by atoms with Gasteiger partial charge in [0.1, 0.15) is 23.0 Å². The molecule has 1 aromatic heterocycles. The Hall–Kier alpha value is -0.730. The minimum absolute atomic E-state index is 0.0766. The standard InChI is InChI=1S/C12H10BrCl2NO4S/c1-6-11(4-8(5-17)20-6)21(18,19)16-12-9(14)2-7(13)3-10(12)15/h2-4,16-17H,5H2,1H3. The zero-order valence-corrected chi connectivity index (χ0v) is 14.6. The minimum atomic E-state index is -3.93. The van der Waals surface area contributed by atoms with E-state index in [9.17, 15) is 8.42 Å². The number of benzene rings is 1. The van der Waals surface area contributed by atoms with Crippen molar-refractivity contribution >= 4 is 54.8 Å². The van der Waals surface area contributed by atoms with Gasteiger partial charge < -0.3 is 9.52 Å². The second-order valence-corrected chi connectivity index (χ2v) is 7.52. The molecule has 0 amide bonds. The van der Waals surface area contributed by atoms with Crippen molar-refractivity contribution in [2.75, 3.05) is 4.72 Å². The largest absolute Gasteiger partial charge is 0.462 e. The van der Waals surface area contributed by atoms with Crippen LogP contribution in [0.4, 0.5) is 5.69 Å². The van der Waals surface area contributed by atoms with Crippen LogP contribution in [-0.4, -0.2) is 13.5 Å². The summed E-state index contributed by atoms with van der Waals surface area (Å²) in [4.78, 5) is -0.0818. The molecule has 21 heavy (non-hydrogen) atoms. The Morgan fingerprint density at radius 1 is 1.29 bits per heavy atom. The van der Waals surface area contributed by atoms with Gasteiger partial charge in [-0.15, -0.1) is 0 Å². The summed E-state index contributed by atoms with van der Waals surface area (Å²) in [7, 11) is -3.93. The molecule has 0 aliphatic carbocycles. The number of rotatable bonds is 4. The quantitative estimate of drug-likeness (QED) is 0.793. The van der Waals surface area contributed by atoms with E-state index in [-0.39, 0.29) is 32.1 Å². The third kappa shape index (κ3) is 3.54. The Bertz CT molecular complexity index is 766. The van der Waals surface area contributed by atoms with E-state index in [0.717, 1.165) is 0 Å². The van der Waals surface area contributed by atoms with E-state index in [1.807, 2.05) is 0 Å². The van der Waals surface area contributed by atoms with Crippen molar-refractivity contribution in [2.24, 2.45) is 0 Å². The van der Waals surface area contributed by atoms with Gasteiger partial charge in [-0.25, -0.2) is 8.42 Å². The van der Waals surface area contributed by atoms with Gasteiger partial charge in [0.05, 0.1) is 15.7 Å². The number of anilines is 1. The molecule has 2 N–H and O–H groups in total.